The fourth-order valence-corrected chi connectivity index (χ4v) is 7.37. The maximum atomic E-state index is 12.9. The fourth-order valence-electron chi connectivity index (χ4n) is 7.37. The largest absolute Gasteiger partial charge is 0.504 e. The van der Waals surface area contributed by atoms with E-state index >= 15 is 0 Å². The van der Waals surface area contributed by atoms with Gasteiger partial charge < -0.3 is 33.7 Å². The number of fused-ring (bicyclic) bond motifs is 3. The number of benzene rings is 4. The molecule has 2 atom stereocenters. The number of phenols is 1. The summed E-state index contributed by atoms with van der Waals surface area (Å²) < 4.78 is 30.8. The summed E-state index contributed by atoms with van der Waals surface area (Å²) in [5.41, 5.74) is 6.42. The lowest BCUT2D eigenvalue weighted by Gasteiger charge is -2.37. The number of methoxy groups -OCH3 is 1. The lowest BCUT2D eigenvalue weighted by molar-refractivity contribution is -0.131. The molecule has 46 heavy (non-hydrogen) atoms. The molecule has 0 spiro atoms. The Balaban J connectivity index is 1.31. The van der Waals surface area contributed by atoms with E-state index in [1.165, 1.54) is 5.56 Å². The Morgan fingerprint density at radius 2 is 1.61 bits per heavy atom. The molecule has 0 saturated heterocycles. The first-order valence-electron chi connectivity index (χ1n) is 15.8. The second-order valence-electron chi connectivity index (χ2n) is 12.5. The van der Waals surface area contributed by atoms with Gasteiger partial charge in [-0.2, -0.15) is 0 Å². The van der Waals surface area contributed by atoms with E-state index in [2.05, 4.69) is 30.1 Å². The number of carbonyl (C=O) groups is 1. The Hall–Kier alpha value is -4.89. The van der Waals surface area contributed by atoms with E-state index in [-0.39, 0.29) is 30.5 Å². The lowest BCUT2D eigenvalue weighted by Crippen LogP contribution is -2.39. The molecule has 4 aromatic carbocycles. The van der Waals surface area contributed by atoms with Gasteiger partial charge in [-0.25, -0.2) is 0 Å². The highest BCUT2D eigenvalue weighted by atomic mass is 16.7. The molecular formula is C37H36N2O7. The lowest BCUT2D eigenvalue weighted by atomic mass is 9.87. The second-order valence-corrected chi connectivity index (χ2v) is 12.5. The van der Waals surface area contributed by atoms with Crippen molar-refractivity contribution in [2.75, 3.05) is 34.0 Å². The first kappa shape index (κ1) is 28.6. The van der Waals surface area contributed by atoms with Crippen molar-refractivity contribution in [2.45, 2.75) is 44.7 Å². The molecule has 6 bridgehead atoms. The zero-order valence-electron chi connectivity index (χ0n) is 26.2. The first-order valence-corrected chi connectivity index (χ1v) is 15.8. The number of hydrogen-bond donors (Lipinski definition) is 1. The van der Waals surface area contributed by atoms with Crippen molar-refractivity contribution in [1.29, 1.82) is 0 Å². The van der Waals surface area contributed by atoms with Crippen molar-refractivity contribution >= 4 is 5.91 Å². The van der Waals surface area contributed by atoms with E-state index in [1.54, 1.807) is 20.1 Å². The molecule has 0 fully saturated rings. The Kier molecular flexibility index (Phi) is 6.94. The molecule has 4 aromatic rings. The monoisotopic (exact) mass is 620 g/mol. The minimum atomic E-state index is -0.202. The molecule has 1 N–H and O–H groups in total. The third-order valence-corrected chi connectivity index (χ3v) is 9.78. The number of phenolic OH excluding ortho intramolecular Hbond substituents is 1. The summed E-state index contributed by atoms with van der Waals surface area (Å²) in [7, 11) is 3.74. The Morgan fingerprint density at radius 1 is 0.826 bits per heavy atom. The fraction of sp³-hybridized carbons (Fsp3) is 0.324. The summed E-state index contributed by atoms with van der Waals surface area (Å²) in [5, 5.41) is 11.0. The molecule has 0 saturated carbocycles. The van der Waals surface area contributed by atoms with E-state index in [1.807, 2.05) is 41.3 Å². The van der Waals surface area contributed by atoms with Crippen LogP contribution in [0.5, 0.6) is 46.0 Å². The number of aromatic hydroxyl groups is 1. The third-order valence-electron chi connectivity index (χ3n) is 9.78. The van der Waals surface area contributed by atoms with Gasteiger partial charge in [0.25, 0.3) is 0 Å². The van der Waals surface area contributed by atoms with Crippen LogP contribution >= 0.6 is 0 Å². The highest BCUT2D eigenvalue weighted by Gasteiger charge is 2.35. The average Bonchev–Trinajstić information content (AvgIpc) is 3.53. The van der Waals surface area contributed by atoms with E-state index in [4.69, 9.17) is 23.7 Å². The predicted molar refractivity (Wildman–Crippen MR) is 171 cm³/mol. The summed E-state index contributed by atoms with van der Waals surface area (Å²) >= 11 is 0. The van der Waals surface area contributed by atoms with Crippen LogP contribution in [0, 0.1) is 0 Å². The third kappa shape index (κ3) is 4.86. The zero-order chi connectivity index (χ0) is 31.5. The van der Waals surface area contributed by atoms with Crippen molar-refractivity contribution in [3.63, 3.8) is 0 Å². The Labute approximate surface area is 267 Å². The van der Waals surface area contributed by atoms with Gasteiger partial charge in [-0.15, -0.1) is 0 Å². The summed E-state index contributed by atoms with van der Waals surface area (Å²) in [6.07, 6.45) is 2.82. The minimum absolute atomic E-state index is 0.0193. The Bertz CT molecular complexity index is 1850. The van der Waals surface area contributed by atoms with Gasteiger partial charge in [0.1, 0.15) is 5.75 Å². The number of hydrogen-bond acceptors (Lipinski definition) is 8. The van der Waals surface area contributed by atoms with Gasteiger partial charge in [0.05, 0.1) is 13.2 Å². The molecule has 9 heteroatoms. The highest BCUT2D eigenvalue weighted by molar-refractivity contribution is 5.74. The molecule has 1 amide bonds. The molecule has 236 valence electrons. The number of carbonyl (C=O) groups excluding carboxylic acids is 1. The normalized spacial score (nSPS) is 19.8. The van der Waals surface area contributed by atoms with E-state index < -0.39 is 0 Å². The van der Waals surface area contributed by atoms with E-state index in [0.717, 1.165) is 40.8 Å². The zero-order valence-corrected chi connectivity index (χ0v) is 26.2. The topological polar surface area (TPSA) is 89.9 Å². The Morgan fingerprint density at radius 3 is 2.41 bits per heavy atom. The highest BCUT2D eigenvalue weighted by Crippen LogP contribution is 2.52. The molecule has 9 nitrogen and oxygen atoms in total. The molecular weight excluding hydrogens is 584 g/mol. The van der Waals surface area contributed by atoms with Crippen molar-refractivity contribution in [2.24, 2.45) is 0 Å². The summed E-state index contributed by atoms with van der Waals surface area (Å²) in [5.74, 6) is 4.14. The van der Waals surface area contributed by atoms with Crippen LogP contribution in [-0.4, -0.2) is 54.9 Å². The summed E-state index contributed by atoms with van der Waals surface area (Å²) in [4.78, 5) is 17.1. The van der Waals surface area contributed by atoms with Gasteiger partial charge in [-0.1, -0.05) is 18.2 Å². The second kappa shape index (κ2) is 11.2. The van der Waals surface area contributed by atoms with Crippen LogP contribution in [0.2, 0.25) is 0 Å². The van der Waals surface area contributed by atoms with Crippen LogP contribution in [-0.2, 0) is 30.5 Å². The van der Waals surface area contributed by atoms with Crippen molar-refractivity contribution in [3.8, 4) is 46.0 Å². The molecule has 5 heterocycles. The van der Waals surface area contributed by atoms with Crippen LogP contribution in [0.3, 0.4) is 0 Å². The number of ether oxygens (including phenoxy) is 5. The number of likely N-dealkylation sites (N-methyl/N-ethyl adjacent to an activating group) is 1. The van der Waals surface area contributed by atoms with Gasteiger partial charge in [0, 0.05) is 31.6 Å². The van der Waals surface area contributed by atoms with Crippen LogP contribution in [0.25, 0.3) is 0 Å². The number of rotatable bonds is 1. The van der Waals surface area contributed by atoms with Gasteiger partial charge in [0.15, 0.2) is 34.5 Å². The molecule has 5 aliphatic heterocycles. The molecule has 0 radical (unpaired) electrons. The van der Waals surface area contributed by atoms with Gasteiger partial charge >= 0.3 is 0 Å². The number of nitrogens with zero attached hydrogens (tertiary/aromatic N) is 2. The van der Waals surface area contributed by atoms with Crippen LogP contribution in [0.15, 0.2) is 60.7 Å². The molecule has 0 aliphatic carbocycles. The van der Waals surface area contributed by atoms with Crippen LogP contribution in [0.1, 0.15) is 52.4 Å². The summed E-state index contributed by atoms with van der Waals surface area (Å²) in [6.45, 7) is 3.25. The maximum absolute atomic E-state index is 12.9. The first-order chi connectivity index (χ1) is 22.4. The summed E-state index contributed by atoms with van der Waals surface area (Å²) in [6, 6.07) is 19.4. The quantitative estimate of drug-likeness (QED) is 0.259. The molecule has 0 unspecified atom stereocenters. The maximum Gasteiger partial charge on any atom is 0.231 e. The number of amides is 1. The molecule has 0 aromatic heterocycles. The van der Waals surface area contributed by atoms with Crippen LogP contribution < -0.4 is 23.7 Å². The van der Waals surface area contributed by atoms with Crippen molar-refractivity contribution in [3.05, 3.63) is 94.0 Å². The SMILES string of the molecule is COc1cc2c3cc1Oc1cc(ccc1O)C[C@@H]1c4c(cc5c(c4Oc4ccc(cc4)C[C@H]3N(C(C)=O)CC2)OCO5)CCN1C. The van der Waals surface area contributed by atoms with Gasteiger partial charge in [-0.3, -0.25) is 9.69 Å². The van der Waals surface area contributed by atoms with Crippen molar-refractivity contribution in [1.82, 2.24) is 9.80 Å². The molecule has 9 rings (SSSR count). The standard InChI is InChI=1S/C37H36N2O7/c1-21(40)39-13-11-24-17-32(42-3)33-19-27(24)28(39)14-22-4-7-26(8-5-22)45-37-35-25(18-34-36(37)44-20-43-34)10-12-38(2)29(35)15-23-6-9-30(41)31(16-23)46-33/h4-9,16-19,28-29,41H,10-15,20H2,1-3H3/t28-,29-/m1/s1. The van der Waals surface area contributed by atoms with E-state index in [0.29, 0.717) is 66.1 Å². The smallest absolute Gasteiger partial charge is 0.231 e. The van der Waals surface area contributed by atoms with Gasteiger partial charge in [0.2, 0.25) is 18.4 Å². The van der Waals surface area contributed by atoms with Gasteiger partial charge in [-0.05, 0) is 103 Å². The van der Waals surface area contributed by atoms with Crippen LogP contribution in [0.4, 0.5) is 0 Å². The predicted octanol–water partition coefficient (Wildman–Crippen LogP) is 6.49. The van der Waals surface area contributed by atoms with Crippen molar-refractivity contribution < 1.29 is 33.6 Å². The average molecular weight is 621 g/mol. The van der Waals surface area contributed by atoms with E-state index in [9.17, 15) is 9.90 Å². The minimum Gasteiger partial charge on any atom is -0.504 e. The molecule has 5 aliphatic rings.